The monoisotopic (exact) mass is 307 g/mol. The first-order valence-electron chi connectivity index (χ1n) is 7.44. The molecule has 1 aromatic rings. The molecule has 21 heavy (non-hydrogen) atoms. The summed E-state index contributed by atoms with van der Waals surface area (Å²) in [6.07, 6.45) is 0.574. The van der Waals surface area contributed by atoms with E-state index >= 15 is 0 Å². The summed E-state index contributed by atoms with van der Waals surface area (Å²) >= 11 is 1.92. The van der Waals surface area contributed by atoms with Crippen molar-refractivity contribution in [3.63, 3.8) is 0 Å². The number of benzene rings is 1. The first kappa shape index (κ1) is 16.3. The van der Waals surface area contributed by atoms with Gasteiger partial charge in [-0.2, -0.15) is 11.8 Å². The summed E-state index contributed by atoms with van der Waals surface area (Å²) in [6.45, 7) is 2.54. The molecule has 1 aliphatic heterocycles. The van der Waals surface area contributed by atoms with Gasteiger partial charge in [0, 0.05) is 43.6 Å². The Balaban J connectivity index is 1.77. The predicted octanol–water partition coefficient (Wildman–Crippen LogP) is 1.46. The Bertz CT molecular complexity index is 459. The van der Waals surface area contributed by atoms with E-state index in [9.17, 15) is 4.79 Å². The van der Waals surface area contributed by atoms with Crippen LogP contribution >= 0.6 is 11.8 Å². The molecule has 2 rings (SSSR count). The van der Waals surface area contributed by atoms with Gasteiger partial charge in [0.05, 0.1) is 0 Å². The van der Waals surface area contributed by atoms with Crippen molar-refractivity contribution in [2.24, 2.45) is 0 Å². The number of carbonyl (C=O) groups is 1. The van der Waals surface area contributed by atoms with Gasteiger partial charge in [0.15, 0.2) is 0 Å². The first-order valence-corrected chi connectivity index (χ1v) is 8.59. The van der Waals surface area contributed by atoms with Crippen LogP contribution in [0, 0.1) is 0 Å². The molecular formula is C16H25N3OS. The molecule has 0 aliphatic carbocycles. The molecule has 1 aromatic carbocycles. The molecular weight excluding hydrogens is 282 g/mol. The number of amides is 1. The van der Waals surface area contributed by atoms with Crippen molar-refractivity contribution < 1.29 is 4.79 Å². The van der Waals surface area contributed by atoms with E-state index in [2.05, 4.69) is 53.9 Å². The minimum Gasteiger partial charge on any atom is -0.352 e. The Morgan fingerprint density at radius 3 is 2.95 bits per heavy atom. The third-order valence-corrected chi connectivity index (χ3v) is 4.54. The maximum atomic E-state index is 12.0. The Morgan fingerprint density at radius 1 is 1.43 bits per heavy atom. The van der Waals surface area contributed by atoms with Crippen LogP contribution in [-0.4, -0.2) is 49.0 Å². The van der Waals surface area contributed by atoms with Crippen LogP contribution in [0.4, 0.5) is 0 Å². The molecule has 0 radical (unpaired) electrons. The van der Waals surface area contributed by atoms with Gasteiger partial charge in [-0.15, -0.1) is 0 Å². The van der Waals surface area contributed by atoms with Crippen molar-refractivity contribution in [1.29, 1.82) is 0 Å². The lowest BCUT2D eigenvalue weighted by Gasteiger charge is -2.22. The number of thioether (sulfide) groups is 1. The van der Waals surface area contributed by atoms with E-state index in [-0.39, 0.29) is 5.91 Å². The molecule has 4 nitrogen and oxygen atoms in total. The highest BCUT2D eigenvalue weighted by Crippen LogP contribution is 2.10. The Kier molecular flexibility index (Phi) is 6.54. The van der Waals surface area contributed by atoms with Crippen LogP contribution in [0.3, 0.4) is 0 Å². The van der Waals surface area contributed by atoms with E-state index in [0.717, 1.165) is 30.2 Å². The lowest BCUT2D eigenvalue weighted by molar-refractivity contribution is -0.121. The standard InChI is InChI=1S/C16H25N3OS/c1-19(2)11-14-5-3-4-13(8-14)10-18-16(20)9-15-12-21-7-6-17-15/h3-5,8,15,17H,6-7,9-12H2,1-2H3,(H,18,20). The summed E-state index contributed by atoms with van der Waals surface area (Å²) in [4.78, 5) is 14.1. The largest absolute Gasteiger partial charge is 0.352 e. The van der Waals surface area contributed by atoms with Crippen molar-refractivity contribution in [2.45, 2.75) is 25.6 Å². The number of rotatable bonds is 6. The second kappa shape index (κ2) is 8.41. The summed E-state index contributed by atoms with van der Waals surface area (Å²) in [5, 5.41) is 6.42. The third-order valence-electron chi connectivity index (χ3n) is 3.41. The second-order valence-corrected chi connectivity index (χ2v) is 6.91. The normalized spacial score (nSPS) is 18.7. The lowest BCUT2D eigenvalue weighted by atomic mass is 10.1. The molecule has 0 aromatic heterocycles. The van der Waals surface area contributed by atoms with Crippen molar-refractivity contribution in [1.82, 2.24) is 15.5 Å². The third kappa shape index (κ3) is 6.08. The minimum absolute atomic E-state index is 0.132. The molecule has 0 saturated carbocycles. The number of hydrogen-bond acceptors (Lipinski definition) is 4. The zero-order valence-corrected chi connectivity index (χ0v) is 13.7. The van der Waals surface area contributed by atoms with E-state index in [4.69, 9.17) is 0 Å². The van der Waals surface area contributed by atoms with Gasteiger partial charge < -0.3 is 15.5 Å². The molecule has 1 unspecified atom stereocenters. The molecule has 1 fully saturated rings. The van der Waals surface area contributed by atoms with Crippen LogP contribution in [0.15, 0.2) is 24.3 Å². The maximum Gasteiger partial charge on any atom is 0.221 e. The van der Waals surface area contributed by atoms with Crippen molar-refractivity contribution in [2.75, 3.05) is 32.1 Å². The molecule has 1 heterocycles. The second-order valence-electron chi connectivity index (χ2n) is 5.76. The average Bonchev–Trinajstić information content (AvgIpc) is 2.46. The molecule has 116 valence electrons. The number of carbonyl (C=O) groups excluding carboxylic acids is 1. The van der Waals surface area contributed by atoms with Crippen LogP contribution in [0.2, 0.25) is 0 Å². The van der Waals surface area contributed by atoms with Crippen LogP contribution in [0.25, 0.3) is 0 Å². The van der Waals surface area contributed by atoms with Gasteiger partial charge in [-0.05, 0) is 25.2 Å². The number of nitrogens with zero attached hydrogens (tertiary/aromatic N) is 1. The highest BCUT2D eigenvalue weighted by Gasteiger charge is 2.16. The van der Waals surface area contributed by atoms with E-state index < -0.39 is 0 Å². The van der Waals surface area contributed by atoms with Crippen molar-refractivity contribution >= 4 is 17.7 Å². The summed E-state index contributed by atoms with van der Waals surface area (Å²) in [5.41, 5.74) is 2.44. The zero-order valence-electron chi connectivity index (χ0n) is 12.9. The van der Waals surface area contributed by atoms with Crippen LogP contribution in [0.5, 0.6) is 0 Å². The van der Waals surface area contributed by atoms with Gasteiger partial charge in [-0.1, -0.05) is 24.3 Å². The SMILES string of the molecule is CN(C)Cc1cccc(CNC(=O)CC2CSCCN2)c1. The topological polar surface area (TPSA) is 44.4 Å². The molecule has 1 saturated heterocycles. The number of nitrogens with one attached hydrogen (secondary N) is 2. The Morgan fingerprint density at radius 2 is 2.24 bits per heavy atom. The first-order chi connectivity index (χ1) is 10.1. The summed E-state index contributed by atoms with van der Waals surface area (Å²) in [7, 11) is 4.12. The van der Waals surface area contributed by atoms with Gasteiger partial charge >= 0.3 is 0 Å². The molecule has 1 amide bonds. The van der Waals surface area contributed by atoms with Crippen molar-refractivity contribution in [3.8, 4) is 0 Å². The van der Waals surface area contributed by atoms with Crippen molar-refractivity contribution in [3.05, 3.63) is 35.4 Å². The fraction of sp³-hybridized carbons (Fsp3) is 0.562. The maximum absolute atomic E-state index is 12.0. The van der Waals surface area contributed by atoms with Crippen LogP contribution < -0.4 is 10.6 Å². The lowest BCUT2D eigenvalue weighted by Crippen LogP contribution is -2.41. The molecule has 0 bridgehead atoms. The van der Waals surface area contributed by atoms with Gasteiger partial charge in [0.2, 0.25) is 5.91 Å². The quantitative estimate of drug-likeness (QED) is 0.835. The minimum atomic E-state index is 0.132. The van der Waals surface area contributed by atoms with E-state index in [1.807, 2.05) is 11.8 Å². The van der Waals surface area contributed by atoms with Crippen LogP contribution in [0.1, 0.15) is 17.5 Å². The molecule has 1 aliphatic rings. The molecule has 2 N–H and O–H groups in total. The number of hydrogen-bond donors (Lipinski definition) is 2. The fourth-order valence-corrected chi connectivity index (χ4v) is 3.40. The summed E-state index contributed by atoms with van der Waals surface area (Å²) in [6, 6.07) is 8.72. The van der Waals surface area contributed by atoms with E-state index in [0.29, 0.717) is 19.0 Å². The van der Waals surface area contributed by atoms with Gasteiger partial charge in [0.25, 0.3) is 0 Å². The van der Waals surface area contributed by atoms with Gasteiger partial charge in [-0.3, -0.25) is 4.79 Å². The molecule has 0 spiro atoms. The summed E-state index contributed by atoms with van der Waals surface area (Å²) < 4.78 is 0. The highest BCUT2D eigenvalue weighted by atomic mass is 32.2. The average molecular weight is 307 g/mol. The Labute approximate surface area is 131 Å². The molecule has 1 atom stereocenters. The Hall–Kier alpha value is -1.04. The fourth-order valence-electron chi connectivity index (χ4n) is 2.45. The summed E-state index contributed by atoms with van der Waals surface area (Å²) in [5.74, 6) is 2.32. The van der Waals surface area contributed by atoms with E-state index in [1.165, 1.54) is 5.56 Å². The zero-order chi connectivity index (χ0) is 15.1. The predicted molar refractivity (Wildman–Crippen MR) is 89.4 cm³/mol. The van der Waals surface area contributed by atoms with Gasteiger partial charge in [-0.25, -0.2) is 0 Å². The van der Waals surface area contributed by atoms with Gasteiger partial charge in [0.1, 0.15) is 0 Å². The highest BCUT2D eigenvalue weighted by molar-refractivity contribution is 7.99. The van der Waals surface area contributed by atoms with Crippen LogP contribution in [-0.2, 0) is 17.9 Å². The van der Waals surface area contributed by atoms with E-state index in [1.54, 1.807) is 0 Å². The molecule has 5 heteroatoms. The smallest absolute Gasteiger partial charge is 0.221 e.